The summed E-state index contributed by atoms with van der Waals surface area (Å²) in [5.74, 6) is -1.33. The van der Waals surface area contributed by atoms with Gasteiger partial charge in [0.15, 0.2) is 6.10 Å². The van der Waals surface area contributed by atoms with Crippen LogP contribution in [0.25, 0.3) is 0 Å². The van der Waals surface area contributed by atoms with Gasteiger partial charge in [0.25, 0.3) is 5.69 Å². The molecule has 0 aliphatic heterocycles. The normalized spacial score (nSPS) is 11.5. The first-order chi connectivity index (χ1) is 13.9. The number of carbonyl (C=O) groups excluding carboxylic acids is 2. The summed E-state index contributed by atoms with van der Waals surface area (Å²) in [5.41, 5.74) is 1.36. The van der Waals surface area contributed by atoms with E-state index in [1.54, 1.807) is 54.6 Å². The number of rotatable bonds is 6. The van der Waals surface area contributed by atoms with E-state index in [0.717, 1.165) is 11.6 Å². The zero-order chi connectivity index (χ0) is 21.0. The van der Waals surface area contributed by atoms with Crippen molar-refractivity contribution < 1.29 is 19.2 Å². The van der Waals surface area contributed by atoms with Crippen molar-refractivity contribution in [3.63, 3.8) is 0 Å². The summed E-state index contributed by atoms with van der Waals surface area (Å²) in [5, 5.41) is 11.0. The molecule has 0 spiro atoms. The van der Waals surface area contributed by atoms with Gasteiger partial charge in [0.05, 0.1) is 15.5 Å². The van der Waals surface area contributed by atoms with Gasteiger partial charge in [-0.1, -0.05) is 71.8 Å². The molecule has 0 aliphatic rings. The third-order valence-corrected chi connectivity index (χ3v) is 4.61. The Morgan fingerprint density at radius 2 is 1.66 bits per heavy atom. The molecule has 0 saturated carbocycles. The van der Waals surface area contributed by atoms with Crippen LogP contribution in [0.1, 0.15) is 37.9 Å². The van der Waals surface area contributed by atoms with Gasteiger partial charge in [-0.05, 0) is 13.0 Å². The number of Topliss-reactive ketones (excluding diaryl/α,β-unsaturated/α-hetero) is 1. The van der Waals surface area contributed by atoms with Crippen molar-refractivity contribution in [1.82, 2.24) is 0 Å². The molecule has 1 atom stereocenters. The van der Waals surface area contributed by atoms with Crippen LogP contribution >= 0.6 is 11.6 Å². The van der Waals surface area contributed by atoms with Crippen LogP contribution in [0.2, 0.25) is 5.02 Å². The molecule has 3 aromatic rings. The monoisotopic (exact) mass is 409 g/mol. The highest BCUT2D eigenvalue weighted by Crippen LogP contribution is 2.28. The summed E-state index contributed by atoms with van der Waals surface area (Å²) < 4.78 is 5.49. The molecule has 1 unspecified atom stereocenters. The van der Waals surface area contributed by atoms with Gasteiger partial charge in [-0.15, -0.1) is 0 Å². The fourth-order valence-corrected chi connectivity index (χ4v) is 2.92. The molecule has 0 N–H and O–H groups in total. The summed E-state index contributed by atoms with van der Waals surface area (Å²) in [4.78, 5) is 36.2. The van der Waals surface area contributed by atoms with Crippen molar-refractivity contribution in [2.45, 2.75) is 13.0 Å². The Balaban J connectivity index is 1.96. The van der Waals surface area contributed by atoms with Gasteiger partial charge in [-0.2, -0.15) is 0 Å². The second-order valence-electron chi connectivity index (χ2n) is 6.35. The first-order valence-corrected chi connectivity index (χ1v) is 9.05. The Morgan fingerprint density at radius 3 is 2.28 bits per heavy atom. The molecule has 0 bridgehead atoms. The molecule has 29 heavy (non-hydrogen) atoms. The summed E-state index contributed by atoms with van der Waals surface area (Å²) in [6.07, 6.45) is -1.22. The number of esters is 1. The smallest absolute Gasteiger partial charge is 0.340 e. The quantitative estimate of drug-likeness (QED) is 0.237. The number of benzene rings is 3. The third-order valence-electron chi connectivity index (χ3n) is 4.28. The second-order valence-corrected chi connectivity index (χ2v) is 6.75. The molecule has 0 saturated heterocycles. The largest absolute Gasteiger partial charge is 0.445 e. The van der Waals surface area contributed by atoms with Gasteiger partial charge < -0.3 is 4.74 Å². The van der Waals surface area contributed by atoms with Crippen molar-refractivity contribution in [1.29, 1.82) is 0 Å². The number of nitrogens with zero attached hydrogens (tertiary/aromatic N) is 1. The van der Waals surface area contributed by atoms with Gasteiger partial charge in [0.1, 0.15) is 0 Å². The number of nitro benzene ring substituents is 1. The van der Waals surface area contributed by atoms with Crippen LogP contribution in [0.5, 0.6) is 0 Å². The second kappa shape index (κ2) is 8.67. The molecule has 0 aromatic heterocycles. The number of ether oxygens (including phenoxy) is 1. The molecule has 0 aliphatic carbocycles. The SMILES string of the molecule is Cc1ccc(C(=O)C(OC(=O)c2cc([N+](=O)[O-])ccc2Cl)c2ccccc2)cc1. The highest BCUT2D eigenvalue weighted by molar-refractivity contribution is 6.33. The summed E-state index contributed by atoms with van der Waals surface area (Å²) >= 11 is 6.03. The van der Waals surface area contributed by atoms with E-state index in [9.17, 15) is 19.7 Å². The van der Waals surface area contributed by atoms with Crippen LogP contribution in [-0.2, 0) is 4.74 Å². The number of hydrogen-bond acceptors (Lipinski definition) is 5. The molecule has 7 heteroatoms. The lowest BCUT2D eigenvalue weighted by atomic mass is 9.99. The van der Waals surface area contributed by atoms with E-state index in [4.69, 9.17) is 16.3 Å². The summed E-state index contributed by atoms with van der Waals surface area (Å²) in [6, 6.07) is 18.9. The van der Waals surface area contributed by atoms with E-state index in [1.165, 1.54) is 12.1 Å². The lowest BCUT2D eigenvalue weighted by molar-refractivity contribution is -0.384. The molecule has 3 aromatic carbocycles. The topological polar surface area (TPSA) is 86.5 Å². The van der Waals surface area contributed by atoms with E-state index in [0.29, 0.717) is 11.1 Å². The van der Waals surface area contributed by atoms with E-state index < -0.39 is 22.8 Å². The lowest BCUT2D eigenvalue weighted by Gasteiger charge is -2.18. The van der Waals surface area contributed by atoms with Crippen molar-refractivity contribution in [3.05, 3.63) is 110 Å². The maximum Gasteiger partial charge on any atom is 0.340 e. The van der Waals surface area contributed by atoms with Crippen LogP contribution < -0.4 is 0 Å². The predicted molar refractivity (Wildman–Crippen MR) is 108 cm³/mol. The van der Waals surface area contributed by atoms with Crippen LogP contribution in [0.3, 0.4) is 0 Å². The minimum absolute atomic E-state index is 0.00445. The van der Waals surface area contributed by atoms with Crippen LogP contribution in [0.4, 0.5) is 5.69 Å². The Morgan fingerprint density at radius 1 is 1.00 bits per heavy atom. The molecule has 0 heterocycles. The number of nitro groups is 1. The van der Waals surface area contributed by atoms with Crippen molar-refractivity contribution >= 4 is 29.0 Å². The predicted octanol–water partition coefficient (Wildman–Crippen LogP) is 5.34. The fraction of sp³-hybridized carbons (Fsp3) is 0.0909. The minimum Gasteiger partial charge on any atom is -0.445 e. The molecule has 0 amide bonds. The van der Waals surface area contributed by atoms with Gasteiger partial charge in [-0.3, -0.25) is 14.9 Å². The third kappa shape index (κ3) is 4.67. The van der Waals surface area contributed by atoms with Gasteiger partial charge in [0, 0.05) is 23.3 Å². The Labute approximate surface area is 171 Å². The number of ketones is 1. The molecule has 3 rings (SSSR count). The Hall–Kier alpha value is -3.51. The van der Waals surface area contributed by atoms with Crippen molar-refractivity contribution in [2.24, 2.45) is 0 Å². The standard InChI is InChI=1S/C22H16ClNO5/c1-14-7-9-15(10-8-14)20(25)21(16-5-3-2-4-6-16)29-22(26)18-13-17(24(27)28)11-12-19(18)23/h2-13,21H,1H3. The van der Waals surface area contributed by atoms with Crippen molar-refractivity contribution in [2.75, 3.05) is 0 Å². The van der Waals surface area contributed by atoms with E-state index in [-0.39, 0.29) is 16.3 Å². The van der Waals surface area contributed by atoms with Crippen LogP contribution in [-0.4, -0.2) is 16.7 Å². The lowest BCUT2D eigenvalue weighted by Crippen LogP contribution is -2.20. The Bertz CT molecular complexity index is 1060. The highest BCUT2D eigenvalue weighted by Gasteiger charge is 2.28. The number of halogens is 1. The van der Waals surface area contributed by atoms with Gasteiger partial charge in [-0.25, -0.2) is 4.79 Å². The van der Waals surface area contributed by atoms with Crippen LogP contribution in [0.15, 0.2) is 72.8 Å². The first-order valence-electron chi connectivity index (χ1n) is 8.67. The molecule has 6 nitrogen and oxygen atoms in total. The number of non-ortho nitro benzene ring substituents is 1. The van der Waals surface area contributed by atoms with Gasteiger partial charge in [0.2, 0.25) is 5.78 Å². The average molecular weight is 410 g/mol. The molecule has 146 valence electrons. The summed E-state index contributed by atoms with van der Waals surface area (Å²) in [7, 11) is 0. The van der Waals surface area contributed by atoms with E-state index >= 15 is 0 Å². The fourth-order valence-electron chi connectivity index (χ4n) is 2.72. The first kappa shape index (κ1) is 20.2. The maximum absolute atomic E-state index is 13.1. The maximum atomic E-state index is 13.1. The van der Waals surface area contributed by atoms with Gasteiger partial charge >= 0.3 is 5.97 Å². The molecule has 0 radical (unpaired) electrons. The number of hydrogen-bond donors (Lipinski definition) is 0. The molecular formula is C22H16ClNO5. The highest BCUT2D eigenvalue weighted by atomic mass is 35.5. The Kier molecular flexibility index (Phi) is 6.04. The zero-order valence-corrected chi connectivity index (χ0v) is 16.1. The van der Waals surface area contributed by atoms with Crippen LogP contribution in [0, 0.1) is 17.0 Å². The average Bonchev–Trinajstić information content (AvgIpc) is 2.72. The van der Waals surface area contributed by atoms with E-state index in [2.05, 4.69) is 0 Å². The number of aryl methyl sites for hydroxylation is 1. The molecular weight excluding hydrogens is 394 g/mol. The summed E-state index contributed by atoms with van der Waals surface area (Å²) in [6.45, 7) is 1.90. The zero-order valence-electron chi connectivity index (χ0n) is 15.4. The van der Waals surface area contributed by atoms with Crippen molar-refractivity contribution in [3.8, 4) is 0 Å². The molecule has 0 fully saturated rings. The minimum atomic E-state index is -1.22. The van der Waals surface area contributed by atoms with E-state index in [1.807, 2.05) is 6.92 Å². The number of carbonyl (C=O) groups is 2.